The van der Waals surface area contributed by atoms with Crippen LogP contribution in [0.25, 0.3) is 5.82 Å². The van der Waals surface area contributed by atoms with Crippen molar-refractivity contribution in [3.05, 3.63) is 46.0 Å². The van der Waals surface area contributed by atoms with Gasteiger partial charge >= 0.3 is 0 Å². The van der Waals surface area contributed by atoms with Crippen molar-refractivity contribution in [2.24, 2.45) is 10.9 Å². The first kappa shape index (κ1) is 23.6. The summed E-state index contributed by atoms with van der Waals surface area (Å²) in [7, 11) is -3.67. The summed E-state index contributed by atoms with van der Waals surface area (Å²) >= 11 is 0. The Morgan fingerprint density at radius 3 is 2.69 bits per heavy atom. The number of anilines is 2. The van der Waals surface area contributed by atoms with Crippen LogP contribution in [0.5, 0.6) is 0 Å². The molecular formula is C22H29N5O4S. The molecule has 0 radical (unpaired) electrons. The molecule has 2 aromatic heterocycles. The van der Waals surface area contributed by atoms with Crippen molar-refractivity contribution >= 4 is 34.0 Å². The zero-order chi connectivity index (χ0) is 23.3. The van der Waals surface area contributed by atoms with Crippen LogP contribution in [0.3, 0.4) is 0 Å². The van der Waals surface area contributed by atoms with Gasteiger partial charge in [-0.15, -0.1) is 0 Å². The van der Waals surface area contributed by atoms with E-state index in [1.54, 1.807) is 13.0 Å². The van der Waals surface area contributed by atoms with Crippen molar-refractivity contribution in [1.29, 1.82) is 0 Å². The largest absolute Gasteiger partial charge is 0.396 e. The Morgan fingerprint density at radius 2 is 2.03 bits per heavy atom. The molecule has 0 aliphatic heterocycles. The van der Waals surface area contributed by atoms with Gasteiger partial charge in [0, 0.05) is 11.9 Å². The van der Waals surface area contributed by atoms with Crippen LogP contribution < -0.4 is 16.0 Å². The van der Waals surface area contributed by atoms with Crippen molar-refractivity contribution in [3.8, 4) is 5.82 Å². The zero-order valence-electron chi connectivity index (χ0n) is 18.2. The van der Waals surface area contributed by atoms with Gasteiger partial charge in [-0.25, -0.2) is 18.4 Å². The van der Waals surface area contributed by atoms with Gasteiger partial charge in [0.05, 0.1) is 17.9 Å². The summed E-state index contributed by atoms with van der Waals surface area (Å²) in [5.74, 6) is 0.141. The summed E-state index contributed by atoms with van der Waals surface area (Å²) in [6, 6.07) is 4.62. The number of pyridine rings is 2. The SMILES string of the molecule is C=NC(=O)Cc1cnc(-n2c(C)ccc(NS(=O)(=O)CCC3CCCCC3)c2=O)c(N)c1. The minimum atomic E-state index is -3.67. The van der Waals surface area contributed by atoms with Gasteiger partial charge in [-0.3, -0.25) is 18.9 Å². The Morgan fingerprint density at radius 1 is 1.31 bits per heavy atom. The summed E-state index contributed by atoms with van der Waals surface area (Å²) in [5, 5.41) is 0. The maximum atomic E-state index is 13.1. The Kier molecular flexibility index (Phi) is 7.44. The molecule has 9 nitrogen and oxygen atoms in total. The molecule has 172 valence electrons. The van der Waals surface area contributed by atoms with E-state index in [1.807, 2.05) is 0 Å². The van der Waals surface area contributed by atoms with E-state index in [2.05, 4.69) is 21.4 Å². The number of carbonyl (C=O) groups excluding carboxylic acids is 1. The highest BCUT2D eigenvalue weighted by Crippen LogP contribution is 2.27. The van der Waals surface area contributed by atoms with Gasteiger partial charge in [-0.2, -0.15) is 0 Å². The molecule has 0 atom stereocenters. The molecule has 1 fully saturated rings. The van der Waals surface area contributed by atoms with Gasteiger partial charge < -0.3 is 5.73 Å². The van der Waals surface area contributed by atoms with E-state index in [0.717, 1.165) is 25.7 Å². The van der Waals surface area contributed by atoms with Crippen LogP contribution in [-0.4, -0.2) is 36.3 Å². The molecule has 1 aliphatic rings. The average Bonchev–Trinajstić information content (AvgIpc) is 2.76. The molecule has 32 heavy (non-hydrogen) atoms. The Hall–Kier alpha value is -3.01. The van der Waals surface area contributed by atoms with Crippen LogP contribution in [0.4, 0.5) is 11.4 Å². The van der Waals surface area contributed by atoms with Crippen LogP contribution in [0.2, 0.25) is 0 Å². The minimum Gasteiger partial charge on any atom is -0.396 e. The topological polar surface area (TPSA) is 137 Å². The number of aliphatic imine (C=N–C) groups is 1. The normalized spacial score (nSPS) is 14.8. The lowest BCUT2D eigenvalue weighted by molar-refractivity contribution is -0.117. The standard InChI is InChI=1S/C22H29N5O4S/c1-15-8-9-19(26-32(30,31)11-10-16-6-4-3-5-7-16)22(29)27(15)21-18(23)12-17(14-25-21)13-20(28)24-2/h8-9,12,14,16,26H,2-7,10-11,13,23H2,1H3. The smallest absolute Gasteiger partial charge is 0.280 e. The molecule has 1 aliphatic carbocycles. The van der Waals surface area contributed by atoms with Crippen LogP contribution in [0.15, 0.2) is 34.2 Å². The molecule has 3 N–H and O–H groups in total. The molecular weight excluding hydrogens is 430 g/mol. The summed E-state index contributed by atoms with van der Waals surface area (Å²) in [6.07, 6.45) is 7.63. The van der Waals surface area contributed by atoms with E-state index in [0.29, 0.717) is 23.6 Å². The van der Waals surface area contributed by atoms with E-state index >= 15 is 0 Å². The van der Waals surface area contributed by atoms with E-state index in [9.17, 15) is 18.0 Å². The van der Waals surface area contributed by atoms with Crippen LogP contribution >= 0.6 is 0 Å². The Labute approximate surface area is 187 Å². The van der Waals surface area contributed by atoms with Gasteiger partial charge in [0.1, 0.15) is 5.69 Å². The number of nitrogens with zero attached hydrogens (tertiary/aromatic N) is 3. The number of nitrogens with two attached hydrogens (primary N) is 1. The first-order valence-corrected chi connectivity index (χ1v) is 12.3. The number of carbonyl (C=O) groups is 1. The maximum Gasteiger partial charge on any atom is 0.280 e. The van der Waals surface area contributed by atoms with Gasteiger partial charge in [0.15, 0.2) is 5.82 Å². The maximum absolute atomic E-state index is 13.1. The second-order valence-corrected chi connectivity index (χ2v) is 10.1. The second kappa shape index (κ2) is 10.1. The molecule has 1 amide bonds. The van der Waals surface area contributed by atoms with Crippen molar-refractivity contribution in [2.45, 2.75) is 51.9 Å². The van der Waals surface area contributed by atoms with Gasteiger partial charge in [-0.05, 0) is 49.7 Å². The number of aromatic nitrogens is 2. The van der Waals surface area contributed by atoms with E-state index in [4.69, 9.17) is 5.73 Å². The summed E-state index contributed by atoms with van der Waals surface area (Å²) in [4.78, 5) is 32.1. The molecule has 3 rings (SSSR count). The molecule has 0 unspecified atom stereocenters. The first-order valence-electron chi connectivity index (χ1n) is 10.7. The van der Waals surface area contributed by atoms with Gasteiger partial charge in [0.25, 0.3) is 5.56 Å². The minimum absolute atomic E-state index is 0.00427. The Balaban J connectivity index is 1.83. The van der Waals surface area contributed by atoms with Crippen molar-refractivity contribution in [3.63, 3.8) is 0 Å². The number of hydrogen-bond acceptors (Lipinski definition) is 6. The highest BCUT2D eigenvalue weighted by Gasteiger charge is 2.20. The first-order chi connectivity index (χ1) is 15.2. The molecule has 1 saturated carbocycles. The van der Waals surface area contributed by atoms with Crippen LogP contribution in [0.1, 0.15) is 49.8 Å². The summed E-state index contributed by atoms with van der Waals surface area (Å²) in [5.41, 5.74) is 6.73. The predicted molar refractivity (Wildman–Crippen MR) is 126 cm³/mol. The molecule has 0 aromatic carbocycles. The van der Waals surface area contributed by atoms with E-state index in [-0.39, 0.29) is 29.4 Å². The van der Waals surface area contributed by atoms with Crippen LogP contribution in [0, 0.1) is 12.8 Å². The van der Waals surface area contributed by atoms with E-state index < -0.39 is 21.5 Å². The number of sulfonamides is 1. The third-order valence-corrected chi connectivity index (χ3v) is 7.06. The third kappa shape index (κ3) is 5.82. The number of nitrogen functional groups attached to an aromatic ring is 1. The third-order valence-electron chi connectivity index (χ3n) is 5.76. The number of nitrogens with one attached hydrogen (secondary N) is 1. The number of aryl methyl sites for hydroxylation is 1. The lowest BCUT2D eigenvalue weighted by Gasteiger charge is -2.21. The molecule has 0 saturated heterocycles. The second-order valence-electron chi connectivity index (χ2n) is 8.23. The predicted octanol–water partition coefficient (Wildman–Crippen LogP) is 2.60. The number of rotatable bonds is 8. The average molecular weight is 460 g/mol. The molecule has 10 heteroatoms. The van der Waals surface area contributed by atoms with Crippen molar-refractivity contribution < 1.29 is 13.2 Å². The van der Waals surface area contributed by atoms with Crippen molar-refractivity contribution in [1.82, 2.24) is 9.55 Å². The lowest BCUT2D eigenvalue weighted by Crippen LogP contribution is -2.29. The zero-order valence-corrected chi connectivity index (χ0v) is 19.0. The Bertz CT molecular complexity index is 1170. The molecule has 2 heterocycles. The molecule has 0 bridgehead atoms. The highest BCUT2D eigenvalue weighted by molar-refractivity contribution is 7.92. The fourth-order valence-electron chi connectivity index (χ4n) is 4.02. The fourth-order valence-corrected chi connectivity index (χ4v) is 5.26. The molecule has 2 aromatic rings. The monoisotopic (exact) mass is 459 g/mol. The van der Waals surface area contributed by atoms with Gasteiger partial charge in [0.2, 0.25) is 15.9 Å². The number of hydrogen-bond donors (Lipinski definition) is 2. The highest BCUT2D eigenvalue weighted by atomic mass is 32.2. The summed E-state index contributed by atoms with van der Waals surface area (Å²) < 4.78 is 28.9. The quantitative estimate of drug-likeness (QED) is 0.582. The van der Waals surface area contributed by atoms with Gasteiger partial charge in [-0.1, -0.05) is 32.1 Å². The molecule has 0 spiro atoms. The fraction of sp³-hybridized carbons (Fsp3) is 0.455. The van der Waals surface area contributed by atoms with Crippen LogP contribution in [-0.2, 0) is 21.2 Å². The summed E-state index contributed by atoms with van der Waals surface area (Å²) in [6.45, 7) is 4.89. The van der Waals surface area contributed by atoms with E-state index in [1.165, 1.54) is 29.3 Å². The number of amides is 1. The van der Waals surface area contributed by atoms with Crippen molar-refractivity contribution in [2.75, 3.05) is 16.2 Å². The lowest BCUT2D eigenvalue weighted by atomic mass is 9.88.